The number of nitrogens with one attached hydrogen (secondary N) is 1. The summed E-state index contributed by atoms with van der Waals surface area (Å²) in [4.78, 5) is 15.0. The lowest BCUT2D eigenvalue weighted by Crippen LogP contribution is -2.36. The fraction of sp³-hybridized carbons (Fsp3) is 0.409. The fourth-order valence-electron chi connectivity index (χ4n) is 3.47. The van der Waals surface area contributed by atoms with Crippen LogP contribution in [0.4, 0.5) is 0 Å². The van der Waals surface area contributed by atoms with Gasteiger partial charge in [0, 0.05) is 23.6 Å². The Morgan fingerprint density at radius 1 is 1.19 bits per heavy atom. The Kier molecular flexibility index (Phi) is 6.91. The number of hydrogen-bond donors (Lipinski definition) is 1. The van der Waals surface area contributed by atoms with Crippen LogP contribution in [0.15, 0.2) is 46.9 Å². The normalized spacial score (nSPS) is 17.5. The summed E-state index contributed by atoms with van der Waals surface area (Å²) in [6.45, 7) is 5.02. The Bertz CT molecular complexity index is 776. The molecule has 1 saturated heterocycles. The van der Waals surface area contributed by atoms with Crippen molar-refractivity contribution >= 4 is 21.8 Å². The first-order chi connectivity index (χ1) is 13.1. The van der Waals surface area contributed by atoms with Gasteiger partial charge in [0.1, 0.15) is 5.75 Å². The molecule has 3 rings (SSSR count). The summed E-state index contributed by atoms with van der Waals surface area (Å²) in [5.74, 6) is 0.548. The minimum Gasteiger partial charge on any atom is -0.497 e. The van der Waals surface area contributed by atoms with Crippen molar-refractivity contribution in [2.75, 3.05) is 13.7 Å². The van der Waals surface area contributed by atoms with Crippen LogP contribution in [0.1, 0.15) is 47.7 Å². The average Bonchev–Trinajstić information content (AvgIpc) is 2.69. The molecule has 2 aromatic carbocycles. The van der Waals surface area contributed by atoms with Crippen molar-refractivity contribution in [3.63, 3.8) is 0 Å². The maximum Gasteiger partial charge on any atom is 0.252 e. The smallest absolute Gasteiger partial charge is 0.252 e. The molecule has 0 aliphatic carbocycles. The van der Waals surface area contributed by atoms with Gasteiger partial charge in [-0.25, -0.2) is 0 Å². The molecule has 1 aliphatic heterocycles. The molecule has 1 amide bonds. The number of rotatable bonds is 6. The maximum atomic E-state index is 12.5. The number of carbonyl (C=O) groups excluding carboxylic acids is 1. The third-order valence-corrected chi connectivity index (χ3v) is 5.91. The van der Waals surface area contributed by atoms with E-state index in [1.165, 1.54) is 31.4 Å². The van der Waals surface area contributed by atoms with Crippen LogP contribution in [-0.2, 0) is 13.1 Å². The highest BCUT2D eigenvalue weighted by molar-refractivity contribution is 9.10. The van der Waals surface area contributed by atoms with E-state index in [1.54, 1.807) is 13.2 Å². The molecule has 0 radical (unpaired) electrons. The Balaban J connectivity index is 1.56. The van der Waals surface area contributed by atoms with Gasteiger partial charge < -0.3 is 10.1 Å². The number of nitrogens with zero attached hydrogens (tertiary/aromatic N) is 1. The Labute approximate surface area is 170 Å². The number of carbonyl (C=O) groups is 1. The summed E-state index contributed by atoms with van der Waals surface area (Å²) >= 11 is 3.43. The van der Waals surface area contributed by atoms with Gasteiger partial charge in [-0.2, -0.15) is 0 Å². The number of amides is 1. The van der Waals surface area contributed by atoms with E-state index in [4.69, 9.17) is 4.74 Å². The highest BCUT2D eigenvalue weighted by Gasteiger charge is 2.18. The Hall–Kier alpha value is -1.85. The van der Waals surface area contributed by atoms with Gasteiger partial charge in [0.25, 0.3) is 5.91 Å². The summed E-state index contributed by atoms with van der Waals surface area (Å²) in [6.07, 6.45) is 3.94. The van der Waals surface area contributed by atoms with E-state index in [0.717, 1.165) is 16.6 Å². The van der Waals surface area contributed by atoms with E-state index in [2.05, 4.69) is 57.3 Å². The molecule has 0 saturated carbocycles. The second-order valence-corrected chi connectivity index (χ2v) is 8.01. The van der Waals surface area contributed by atoms with E-state index in [-0.39, 0.29) is 5.91 Å². The van der Waals surface area contributed by atoms with Crippen molar-refractivity contribution in [3.8, 4) is 5.75 Å². The SMILES string of the molecule is COc1ccc(Br)c(C(=O)NCc2ccc(CN3CCCCC3C)cc2)c1. The lowest BCUT2D eigenvalue weighted by molar-refractivity contribution is 0.0950. The third kappa shape index (κ3) is 5.33. The molecule has 144 valence electrons. The minimum atomic E-state index is -0.119. The second-order valence-electron chi connectivity index (χ2n) is 7.16. The zero-order chi connectivity index (χ0) is 19.2. The molecule has 1 aliphatic rings. The summed E-state index contributed by atoms with van der Waals surface area (Å²) < 4.78 is 5.96. The standard InChI is InChI=1S/C22H27BrN2O2/c1-16-5-3-4-12-25(16)15-18-8-6-17(7-9-18)14-24-22(26)20-13-19(27-2)10-11-21(20)23/h6-11,13,16H,3-5,12,14-15H2,1-2H3,(H,24,26). The highest BCUT2D eigenvalue weighted by Crippen LogP contribution is 2.23. The molecule has 4 nitrogen and oxygen atoms in total. The van der Waals surface area contributed by atoms with Crippen LogP contribution in [0.3, 0.4) is 0 Å². The van der Waals surface area contributed by atoms with Crippen LogP contribution >= 0.6 is 15.9 Å². The third-order valence-electron chi connectivity index (χ3n) is 5.22. The van der Waals surface area contributed by atoms with Crippen molar-refractivity contribution in [3.05, 3.63) is 63.6 Å². The number of halogens is 1. The first-order valence-corrected chi connectivity index (χ1v) is 10.3. The predicted molar refractivity (Wildman–Crippen MR) is 112 cm³/mol. The molecule has 2 aromatic rings. The molecule has 5 heteroatoms. The number of piperidine rings is 1. The molecule has 0 aromatic heterocycles. The van der Waals surface area contributed by atoms with E-state index >= 15 is 0 Å². The summed E-state index contributed by atoms with van der Waals surface area (Å²) in [7, 11) is 1.59. The maximum absolute atomic E-state index is 12.5. The van der Waals surface area contributed by atoms with E-state index < -0.39 is 0 Å². The molecule has 0 spiro atoms. The molecule has 1 atom stereocenters. The van der Waals surface area contributed by atoms with E-state index in [9.17, 15) is 4.79 Å². The van der Waals surface area contributed by atoms with Crippen LogP contribution < -0.4 is 10.1 Å². The number of benzene rings is 2. The van der Waals surface area contributed by atoms with Crippen LogP contribution in [0, 0.1) is 0 Å². The first kappa shape index (κ1) is 19.9. The van der Waals surface area contributed by atoms with Crippen LogP contribution in [0.25, 0.3) is 0 Å². The van der Waals surface area contributed by atoms with Crippen molar-refractivity contribution in [1.29, 1.82) is 0 Å². The largest absolute Gasteiger partial charge is 0.497 e. The lowest BCUT2D eigenvalue weighted by Gasteiger charge is -2.33. The molecule has 0 bridgehead atoms. The number of hydrogen-bond acceptors (Lipinski definition) is 3. The monoisotopic (exact) mass is 430 g/mol. The lowest BCUT2D eigenvalue weighted by atomic mass is 10.0. The van der Waals surface area contributed by atoms with Crippen molar-refractivity contribution < 1.29 is 9.53 Å². The number of ether oxygens (including phenoxy) is 1. The van der Waals surface area contributed by atoms with Gasteiger partial charge in [0.05, 0.1) is 12.7 Å². The quantitative estimate of drug-likeness (QED) is 0.717. The summed E-state index contributed by atoms with van der Waals surface area (Å²) in [5.41, 5.74) is 3.00. The van der Waals surface area contributed by atoms with Gasteiger partial charge in [-0.3, -0.25) is 9.69 Å². The molecule has 1 unspecified atom stereocenters. The van der Waals surface area contributed by atoms with Gasteiger partial charge >= 0.3 is 0 Å². The van der Waals surface area contributed by atoms with Crippen molar-refractivity contribution in [2.24, 2.45) is 0 Å². The van der Waals surface area contributed by atoms with Crippen molar-refractivity contribution in [1.82, 2.24) is 10.2 Å². The number of likely N-dealkylation sites (tertiary alicyclic amines) is 1. The van der Waals surface area contributed by atoms with Gasteiger partial charge in [0.2, 0.25) is 0 Å². The van der Waals surface area contributed by atoms with E-state index in [0.29, 0.717) is 23.9 Å². The van der Waals surface area contributed by atoms with Crippen LogP contribution in [0.2, 0.25) is 0 Å². The van der Waals surface area contributed by atoms with E-state index in [1.807, 2.05) is 12.1 Å². The Morgan fingerprint density at radius 3 is 2.63 bits per heavy atom. The van der Waals surface area contributed by atoms with Gasteiger partial charge in [-0.15, -0.1) is 0 Å². The second kappa shape index (κ2) is 9.38. The number of methoxy groups -OCH3 is 1. The first-order valence-electron chi connectivity index (χ1n) is 9.50. The zero-order valence-corrected chi connectivity index (χ0v) is 17.6. The van der Waals surface area contributed by atoms with Gasteiger partial charge in [-0.05, 0) is 71.6 Å². The molecule has 1 N–H and O–H groups in total. The molecular formula is C22H27BrN2O2. The van der Waals surface area contributed by atoms with Gasteiger partial charge in [-0.1, -0.05) is 30.7 Å². The summed E-state index contributed by atoms with van der Waals surface area (Å²) in [5, 5.41) is 2.98. The Morgan fingerprint density at radius 2 is 1.93 bits per heavy atom. The molecule has 1 fully saturated rings. The predicted octanol–water partition coefficient (Wildman–Crippen LogP) is 4.76. The highest BCUT2D eigenvalue weighted by atomic mass is 79.9. The molecule has 27 heavy (non-hydrogen) atoms. The van der Waals surface area contributed by atoms with Crippen LogP contribution in [-0.4, -0.2) is 30.5 Å². The topological polar surface area (TPSA) is 41.6 Å². The van der Waals surface area contributed by atoms with Crippen molar-refractivity contribution in [2.45, 2.75) is 45.3 Å². The average molecular weight is 431 g/mol. The van der Waals surface area contributed by atoms with Crippen LogP contribution in [0.5, 0.6) is 5.75 Å². The van der Waals surface area contributed by atoms with Gasteiger partial charge in [0.15, 0.2) is 0 Å². The fourth-order valence-corrected chi connectivity index (χ4v) is 3.90. The molecular weight excluding hydrogens is 404 g/mol. The summed E-state index contributed by atoms with van der Waals surface area (Å²) in [6, 6.07) is 14.6. The molecule has 1 heterocycles. The zero-order valence-electron chi connectivity index (χ0n) is 16.0. The minimum absolute atomic E-state index is 0.119.